The highest BCUT2D eigenvalue weighted by atomic mass is 16.5. The Morgan fingerprint density at radius 3 is 2.65 bits per heavy atom. The number of nitrogens with zero attached hydrogens (tertiary/aromatic N) is 1. The lowest BCUT2D eigenvalue weighted by molar-refractivity contribution is -0.261. The zero-order chi connectivity index (χ0) is 12.8. The molecule has 1 heterocycles. The number of benzene rings is 1. The van der Waals surface area contributed by atoms with Gasteiger partial charge in [-0.15, -0.1) is 0 Å². The number of fused-ring (bicyclic) bond motifs is 1. The minimum atomic E-state index is -1.15. The summed E-state index contributed by atoms with van der Waals surface area (Å²) in [5, 5.41) is 11.2. The van der Waals surface area contributed by atoms with E-state index in [4.69, 9.17) is 4.74 Å². The summed E-state index contributed by atoms with van der Waals surface area (Å²) >= 11 is 0. The molecule has 1 amide bonds. The molecule has 1 aromatic rings. The Morgan fingerprint density at radius 1 is 1.41 bits per heavy atom. The summed E-state index contributed by atoms with van der Waals surface area (Å²) in [5.41, 5.74) is 1.41. The van der Waals surface area contributed by atoms with E-state index in [0.29, 0.717) is 11.4 Å². The van der Waals surface area contributed by atoms with Gasteiger partial charge in [0, 0.05) is 18.1 Å². The third-order valence-corrected chi connectivity index (χ3v) is 3.13. The first-order valence-electron chi connectivity index (χ1n) is 5.61. The first-order valence-corrected chi connectivity index (χ1v) is 5.61. The van der Waals surface area contributed by atoms with E-state index >= 15 is 0 Å². The lowest BCUT2D eigenvalue weighted by Gasteiger charge is -2.30. The molecule has 0 saturated carbocycles. The predicted molar refractivity (Wildman–Crippen MR) is 63.9 cm³/mol. The van der Waals surface area contributed by atoms with Crippen molar-refractivity contribution in [3.8, 4) is 5.75 Å². The Bertz CT molecular complexity index is 478. The molecule has 4 heteroatoms. The monoisotopic (exact) mass is 235 g/mol. The van der Waals surface area contributed by atoms with Crippen LogP contribution in [0.25, 0.3) is 0 Å². The maximum Gasteiger partial charge on any atom is 0.262 e. The van der Waals surface area contributed by atoms with Gasteiger partial charge < -0.3 is 14.6 Å². The molecular weight excluding hydrogens is 218 g/mol. The van der Waals surface area contributed by atoms with Crippen LogP contribution >= 0.6 is 0 Å². The maximum atomic E-state index is 11.2. The lowest BCUT2D eigenvalue weighted by Crippen LogP contribution is -2.54. The molecule has 0 saturated heterocycles. The van der Waals surface area contributed by atoms with Crippen molar-refractivity contribution >= 4 is 11.8 Å². The molecule has 92 valence electrons. The average molecular weight is 235 g/mol. The van der Waals surface area contributed by atoms with E-state index in [1.165, 1.54) is 0 Å². The van der Waals surface area contributed by atoms with Crippen molar-refractivity contribution in [2.75, 3.05) is 14.1 Å². The number of carbonyl (C=O) groups is 1. The van der Waals surface area contributed by atoms with Gasteiger partial charge in [0.1, 0.15) is 5.60 Å². The highest BCUT2D eigenvalue weighted by Crippen LogP contribution is 2.43. The number of carbonyl (C=O) groups excluding carboxylic acids is 1. The van der Waals surface area contributed by atoms with Crippen molar-refractivity contribution in [3.63, 3.8) is 0 Å². The molecule has 1 aromatic carbocycles. The molecule has 0 radical (unpaired) electrons. The number of para-hydroxylation sites is 1. The molecule has 0 spiro atoms. The Hall–Kier alpha value is -1.55. The van der Waals surface area contributed by atoms with Crippen LogP contribution in [0, 0.1) is 0 Å². The van der Waals surface area contributed by atoms with Crippen molar-refractivity contribution in [2.45, 2.75) is 25.9 Å². The van der Waals surface area contributed by atoms with Gasteiger partial charge in [-0.1, -0.05) is 12.1 Å². The van der Waals surface area contributed by atoms with Gasteiger partial charge in [0.2, 0.25) is 0 Å². The van der Waals surface area contributed by atoms with Gasteiger partial charge >= 0.3 is 0 Å². The number of hydrogen-bond acceptors (Lipinski definition) is 3. The summed E-state index contributed by atoms with van der Waals surface area (Å²) in [6.45, 7) is 3.99. The van der Waals surface area contributed by atoms with Crippen LogP contribution in [0.1, 0.15) is 19.4 Å². The smallest absolute Gasteiger partial charge is 0.262 e. The highest BCUT2D eigenvalue weighted by Gasteiger charge is 2.37. The molecule has 17 heavy (non-hydrogen) atoms. The Kier molecular flexibility index (Phi) is 2.43. The van der Waals surface area contributed by atoms with Crippen LogP contribution in [0.5, 0.6) is 5.75 Å². The van der Waals surface area contributed by atoms with Crippen LogP contribution in [0.3, 0.4) is 0 Å². The van der Waals surface area contributed by atoms with Crippen LogP contribution in [-0.2, 0) is 6.42 Å². The predicted octanol–water partition coefficient (Wildman–Crippen LogP) is 1.31. The number of amides is 1. The fourth-order valence-corrected chi connectivity index (χ4v) is 2.14. The summed E-state index contributed by atoms with van der Waals surface area (Å²) in [6.07, 6.45) is -0.352. The fraction of sp³-hybridized carbons (Fsp3) is 0.462. The molecule has 0 bridgehead atoms. The van der Waals surface area contributed by atoms with Crippen LogP contribution in [0.15, 0.2) is 18.2 Å². The average Bonchev–Trinajstić information content (AvgIpc) is 2.50. The Morgan fingerprint density at radius 2 is 2.06 bits per heavy atom. The van der Waals surface area contributed by atoms with Crippen molar-refractivity contribution in [3.05, 3.63) is 23.8 Å². The standard InChI is InChI=1S/C13H17NO3/c1-13(2)8-9-6-5-7-10(11(9)17-13)14(3,4)12(15)16/h5-7H,8H2,1-4H3. The molecule has 0 atom stereocenters. The largest absolute Gasteiger partial charge is 0.498 e. The van der Waals surface area contributed by atoms with Crippen molar-refractivity contribution in [2.24, 2.45) is 0 Å². The Labute approximate surface area is 101 Å². The van der Waals surface area contributed by atoms with E-state index < -0.39 is 6.09 Å². The van der Waals surface area contributed by atoms with E-state index in [1.54, 1.807) is 20.2 Å². The lowest BCUT2D eigenvalue weighted by atomic mass is 10.0. The minimum Gasteiger partial charge on any atom is -0.498 e. The van der Waals surface area contributed by atoms with Gasteiger partial charge in [-0.25, -0.2) is 4.48 Å². The molecule has 0 aromatic heterocycles. The zero-order valence-electron chi connectivity index (χ0n) is 10.6. The van der Waals surface area contributed by atoms with Gasteiger partial charge in [-0.2, -0.15) is 0 Å². The molecule has 1 aliphatic heterocycles. The third kappa shape index (κ3) is 1.89. The molecule has 1 aliphatic rings. The molecular formula is C13H17NO3. The van der Waals surface area contributed by atoms with Crippen LogP contribution in [0.2, 0.25) is 0 Å². The topological polar surface area (TPSA) is 49.4 Å². The van der Waals surface area contributed by atoms with E-state index in [0.717, 1.165) is 12.0 Å². The summed E-state index contributed by atoms with van der Waals surface area (Å²) in [5.74, 6) is 0.687. The van der Waals surface area contributed by atoms with E-state index in [2.05, 4.69) is 0 Å². The summed E-state index contributed by atoms with van der Waals surface area (Å²) in [6, 6.07) is 5.61. The number of hydrogen-bond donors (Lipinski definition) is 0. The second-order valence-electron chi connectivity index (χ2n) is 5.52. The zero-order valence-corrected chi connectivity index (χ0v) is 10.6. The fourth-order valence-electron chi connectivity index (χ4n) is 2.14. The van der Waals surface area contributed by atoms with Gasteiger partial charge in [0.05, 0.1) is 14.1 Å². The van der Waals surface area contributed by atoms with E-state index in [-0.39, 0.29) is 10.1 Å². The first kappa shape index (κ1) is 11.9. The second kappa shape index (κ2) is 3.47. The van der Waals surface area contributed by atoms with E-state index in [9.17, 15) is 9.90 Å². The van der Waals surface area contributed by atoms with Crippen LogP contribution in [0.4, 0.5) is 10.5 Å². The molecule has 2 rings (SSSR count). The third-order valence-electron chi connectivity index (χ3n) is 3.13. The van der Waals surface area contributed by atoms with Crippen molar-refractivity contribution < 1.29 is 14.6 Å². The first-order chi connectivity index (χ1) is 7.74. The van der Waals surface area contributed by atoms with Gasteiger partial charge in [-0.05, 0) is 13.8 Å². The van der Waals surface area contributed by atoms with Crippen LogP contribution < -0.4 is 14.3 Å². The quantitative estimate of drug-likeness (QED) is 0.690. The number of quaternary nitrogens is 1. The molecule has 0 unspecified atom stereocenters. The summed E-state index contributed by atoms with van der Waals surface area (Å²) in [4.78, 5) is 11.2. The maximum absolute atomic E-state index is 11.2. The molecule has 4 nitrogen and oxygen atoms in total. The number of rotatable bonds is 1. The number of carboxylic acid groups (broad SMARTS) is 1. The van der Waals surface area contributed by atoms with Crippen LogP contribution in [-0.4, -0.2) is 25.8 Å². The summed E-state index contributed by atoms with van der Waals surface area (Å²) in [7, 11) is 3.17. The normalized spacial score (nSPS) is 17.4. The highest BCUT2D eigenvalue weighted by molar-refractivity contribution is 5.81. The van der Waals surface area contributed by atoms with Crippen molar-refractivity contribution in [1.29, 1.82) is 0 Å². The number of ether oxygens (including phenoxy) is 1. The minimum absolute atomic E-state index is 0.273. The Balaban J connectivity index is 2.54. The van der Waals surface area contributed by atoms with Crippen molar-refractivity contribution in [1.82, 2.24) is 4.48 Å². The second-order valence-corrected chi connectivity index (χ2v) is 5.52. The molecule has 0 N–H and O–H groups in total. The SMILES string of the molecule is CC1(C)Cc2cccc([N+](C)(C)C(=O)[O-])c2O1. The van der Waals surface area contributed by atoms with E-state index in [1.807, 2.05) is 26.0 Å². The molecule has 0 fully saturated rings. The van der Waals surface area contributed by atoms with Gasteiger partial charge in [-0.3, -0.25) is 0 Å². The van der Waals surface area contributed by atoms with Gasteiger partial charge in [0.15, 0.2) is 11.4 Å². The molecule has 0 aliphatic carbocycles. The summed E-state index contributed by atoms with van der Waals surface area (Å²) < 4.78 is 5.52. The van der Waals surface area contributed by atoms with Gasteiger partial charge in [0.25, 0.3) is 6.09 Å².